The van der Waals surface area contributed by atoms with E-state index in [4.69, 9.17) is 5.73 Å². The molecule has 1 fully saturated rings. The number of aromatic nitrogens is 3. The number of para-hydroxylation sites is 1. The van der Waals surface area contributed by atoms with E-state index in [1.807, 2.05) is 28.7 Å². The number of carbonyl (C=O) groups is 1. The molecule has 0 aliphatic carbocycles. The highest BCUT2D eigenvalue weighted by Gasteiger charge is 2.21. The van der Waals surface area contributed by atoms with Crippen molar-refractivity contribution in [3.63, 3.8) is 0 Å². The number of piperidine rings is 1. The van der Waals surface area contributed by atoms with Crippen LogP contribution in [0.2, 0.25) is 0 Å². The molecule has 0 radical (unpaired) electrons. The Morgan fingerprint density at radius 1 is 1.19 bits per heavy atom. The van der Waals surface area contributed by atoms with Gasteiger partial charge in [-0.15, -0.1) is 21.5 Å². The maximum Gasteiger partial charge on any atom is 0.203 e. The number of aldehydes is 1. The number of carbonyl (C=O) groups excluding carboxylic acids is 1. The van der Waals surface area contributed by atoms with Crippen molar-refractivity contribution in [3.05, 3.63) is 46.1 Å². The summed E-state index contributed by atoms with van der Waals surface area (Å²) in [6, 6.07) is 9.75. The average Bonchev–Trinajstić information content (AvgIpc) is 3.08. The van der Waals surface area contributed by atoms with E-state index in [9.17, 15) is 9.59 Å². The van der Waals surface area contributed by atoms with Crippen LogP contribution >= 0.6 is 11.3 Å². The largest absolute Gasteiger partial charge is 0.355 e. The topological polar surface area (TPSA) is 93.6 Å². The van der Waals surface area contributed by atoms with E-state index in [0.29, 0.717) is 28.0 Å². The van der Waals surface area contributed by atoms with E-state index in [1.165, 1.54) is 11.3 Å². The minimum atomic E-state index is -0.295. The summed E-state index contributed by atoms with van der Waals surface area (Å²) in [5.41, 5.74) is 7.25. The number of benzene rings is 1. The van der Waals surface area contributed by atoms with Gasteiger partial charge in [0, 0.05) is 19.1 Å². The lowest BCUT2D eigenvalue weighted by Gasteiger charge is -2.30. The van der Waals surface area contributed by atoms with Gasteiger partial charge in [0.2, 0.25) is 5.43 Å². The van der Waals surface area contributed by atoms with Crippen LogP contribution in [0.5, 0.6) is 0 Å². The molecule has 4 aromatic rings. The van der Waals surface area contributed by atoms with Gasteiger partial charge in [-0.25, -0.2) is 0 Å². The highest BCUT2D eigenvalue weighted by atomic mass is 32.1. The molecule has 5 rings (SSSR count). The number of hydrogen-bond donors (Lipinski definition) is 1. The molecule has 1 aromatic carbocycles. The predicted octanol–water partition coefficient (Wildman–Crippen LogP) is 2.20. The summed E-state index contributed by atoms with van der Waals surface area (Å²) >= 11 is 1.41. The molecule has 0 saturated carbocycles. The molecule has 0 atom stereocenters. The number of rotatable bonds is 2. The number of anilines is 1. The van der Waals surface area contributed by atoms with Crippen molar-refractivity contribution in [2.45, 2.75) is 18.9 Å². The van der Waals surface area contributed by atoms with Gasteiger partial charge in [-0.3, -0.25) is 14.0 Å². The first kappa shape index (κ1) is 16.3. The summed E-state index contributed by atoms with van der Waals surface area (Å²) in [6.45, 7) is 1.57. The molecule has 27 heavy (non-hydrogen) atoms. The van der Waals surface area contributed by atoms with Crippen LogP contribution < -0.4 is 16.1 Å². The molecule has 0 unspecified atom stereocenters. The van der Waals surface area contributed by atoms with Gasteiger partial charge in [-0.2, -0.15) is 0 Å². The molecule has 4 heterocycles. The van der Waals surface area contributed by atoms with E-state index >= 15 is 0 Å². The molecule has 0 spiro atoms. The fourth-order valence-electron chi connectivity index (χ4n) is 3.71. The maximum atomic E-state index is 13.0. The third-order valence-electron chi connectivity index (χ3n) is 5.19. The Bertz CT molecular complexity index is 1250. The molecule has 0 bridgehead atoms. The molecular weight excluding hydrogens is 362 g/mol. The van der Waals surface area contributed by atoms with Gasteiger partial charge in [0.1, 0.15) is 4.83 Å². The average molecular weight is 379 g/mol. The summed E-state index contributed by atoms with van der Waals surface area (Å²) in [7, 11) is 0. The van der Waals surface area contributed by atoms with Gasteiger partial charge in [-0.1, -0.05) is 12.1 Å². The lowest BCUT2D eigenvalue weighted by molar-refractivity contribution is 0.112. The number of pyridine rings is 1. The highest BCUT2D eigenvalue weighted by Crippen LogP contribution is 2.30. The summed E-state index contributed by atoms with van der Waals surface area (Å²) in [4.78, 5) is 27.4. The van der Waals surface area contributed by atoms with Gasteiger partial charge >= 0.3 is 0 Å². The zero-order valence-corrected chi connectivity index (χ0v) is 15.3. The number of nitrogens with zero attached hydrogens (tertiary/aromatic N) is 4. The van der Waals surface area contributed by atoms with Crippen LogP contribution in [0.25, 0.3) is 26.1 Å². The Labute approximate surface area is 158 Å². The van der Waals surface area contributed by atoms with Crippen molar-refractivity contribution in [2.24, 2.45) is 5.73 Å². The van der Waals surface area contributed by atoms with Crippen molar-refractivity contribution < 1.29 is 4.79 Å². The third kappa shape index (κ3) is 2.44. The van der Waals surface area contributed by atoms with Crippen LogP contribution in [0, 0.1) is 0 Å². The standard InChI is InChI=1S/C19H17N5O2S/c20-11-5-7-23(8-6-11)16-9-12-17(26)13(10-25)19-24(18(12)22-21-16)14-3-1-2-4-15(14)27-19/h1-4,9-11H,5-8,20H2. The smallest absolute Gasteiger partial charge is 0.203 e. The van der Waals surface area contributed by atoms with E-state index in [2.05, 4.69) is 15.1 Å². The number of fused-ring (bicyclic) bond motifs is 5. The zero-order chi connectivity index (χ0) is 18.5. The van der Waals surface area contributed by atoms with Crippen LogP contribution in [-0.2, 0) is 0 Å². The summed E-state index contributed by atoms with van der Waals surface area (Å²) in [5, 5.41) is 9.19. The van der Waals surface area contributed by atoms with Crippen LogP contribution in [0.4, 0.5) is 5.82 Å². The second-order valence-electron chi connectivity index (χ2n) is 6.84. The fraction of sp³-hybridized carbons (Fsp3) is 0.263. The number of hydrogen-bond acceptors (Lipinski definition) is 7. The third-order valence-corrected chi connectivity index (χ3v) is 6.35. The van der Waals surface area contributed by atoms with E-state index in [1.54, 1.807) is 6.07 Å². The van der Waals surface area contributed by atoms with Crippen molar-refractivity contribution >= 4 is 49.5 Å². The first-order valence-corrected chi connectivity index (χ1v) is 9.68. The van der Waals surface area contributed by atoms with Crippen molar-refractivity contribution in [2.75, 3.05) is 18.0 Å². The Morgan fingerprint density at radius 2 is 1.96 bits per heavy atom. The van der Waals surface area contributed by atoms with E-state index < -0.39 is 0 Å². The molecule has 3 aromatic heterocycles. The van der Waals surface area contributed by atoms with Crippen molar-refractivity contribution in [1.29, 1.82) is 0 Å². The Kier molecular flexibility index (Phi) is 3.70. The molecule has 2 N–H and O–H groups in total. The molecule has 1 saturated heterocycles. The van der Waals surface area contributed by atoms with Gasteiger partial charge in [0.25, 0.3) is 0 Å². The SMILES string of the molecule is NC1CCN(c2cc3c(=O)c(C=O)c4sc5ccccc5n4c3nn2)CC1. The predicted molar refractivity (Wildman–Crippen MR) is 107 cm³/mol. The van der Waals surface area contributed by atoms with Gasteiger partial charge in [0.05, 0.1) is 21.2 Å². The monoisotopic (exact) mass is 379 g/mol. The molecule has 0 amide bonds. The molecule has 7 nitrogen and oxygen atoms in total. The fourth-order valence-corrected chi connectivity index (χ4v) is 4.86. The maximum absolute atomic E-state index is 13.0. The first-order valence-electron chi connectivity index (χ1n) is 8.87. The van der Waals surface area contributed by atoms with E-state index in [0.717, 1.165) is 36.1 Å². The second-order valence-corrected chi connectivity index (χ2v) is 7.87. The molecule has 1 aliphatic heterocycles. The normalized spacial score (nSPS) is 15.8. The van der Waals surface area contributed by atoms with Gasteiger partial charge < -0.3 is 10.6 Å². The van der Waals surface area contributed by atoms with Crippen molar-refractivity contribution in [1.82, 2.24) is 14.6 Å². The lowest BCUT2D eigenvalue weighted by atomic mass is 10.1. The first-order chi connectivity index (χ1) is 13.2. The highest BCUT2D eigenvalue weighted by molar-refractivity contribution is 7.24. The molecule has 1 aliphatic rings. The summed E-state index contributed by atoms with van der Waals surface area (Å²) in [5.74, 6) is 0.655. The minimum Gasteiger partial charge on any atom is -0.355 e. The number of nitrogens with two attached hydrogens (primary N) is 1. The minimum absolute atomic E-state index is 0.170. The molecular formula is C19H17N5O2S. The zero-order valence-electron chi connectivity index (χ0n) is 14.5. The van der Waals surface area contributed by atoms with Crippen LogP contribution in [-0.4, -0.2) is 40.0 Å². The number of thiazole rings is 1. The van der Waals surface area contributed by atoms with Crippen LogP contribution in [0.3, 0.4) is 0 Å². The summed E-state index contributed by atoms with van der Waals surface area (Å²) < 4.78 is 2.85. The second kappa shape index (κ2) is 6.11. The Hall–Kier alpha value is -2.84. The van der Waals surface area contributed by atoms with Gasteiger partial charge in [0.15, 0.2) is 17.8 Å². The molecule has 8 heteroatoms. The van der Waals surface area contributed by atoms with Crippen LogP contribution in [0.15, 0.2) is 35.1 Å². The quantitative estimate of drug-likeness (QED) is 0.537. The summed E-state index contributed by atoms with van der Waals surface area (Å²) in [6.07, 6.45) is 2.41. The molecule has 136 valence electrons. The van der Waals surface area contributed by atoms with E-state index in [-0.39, 0.29) is 17.0 Å². The Morgan fingerprint density at radius 3 is 2.74 bits per heavy atom. The van der Waals surface area contributed by atoms with Crippen LogP contribution in [0.1, 0.15) is 23.2 Å². The van der Waals surface area contributed by atoms with Gasteiger partial charge in [-0.05, 0) is 31.0 Å². The van der Waals surface area contributed by atoms with Crippen molar-refractivity contribution in [3.8, 4) is 0 Å². The lowest BCUT2D eigenvalue weighted by Crippen LogP contribution is -2.40. The Balaban J connectivity index is 1.81.